The van der Waals surface area contributed by atoms with Gasteiger partial charge in [0.1, 0.15) is 11.5 Å². The number of fused-ring (bicyclic) bond motifs is 6. The molecule has 0 aromatic heterocycles. The minimum Gasteiger partial charge on any atom is -0.456 e. The topological polar surface area (TPSA) is 9.23 Å². The zero-order valence-electron chi connectivity index (χ0n) is 22.5. The Morgan fingerprint density at radius 3 is 2.10 bits per heavy atom. The van der Waals surface area contributed by atoms with Crippen molar-refractivity contribution in [3.8, 4) is 33.8 Å². The normalized spacial score (nSPS) is 12.2. The number of rotatable bonds is 3. The van der Waals surface area contributed by atoms with Crippen LogP contribution >= 0.6 is 0 Å². The van der Waals surface area contributed by atoms with Gasteiger partial charge >= 0.3 is 0 Å². The van der Waals surface area contributed by atoms with E-state index in [9.17, 15) is 0 Å². The van der Waals surface area contributed by atoms with Gasteiger partial charge < -0.3 is 4.74 Å². The Morgan fingerprint density at radius 1 is 0.512 bits per heavy atom. The van der Waals surface area contributed by atoms with Crippen molar-refractivity contribution in [2.75, 3.05) is 0 Å². The van der Waals surface area contributed by atoms with Gasteiger partial charge in [-0.3, -0.25) is 0 Å². The van der Waals surface area contributed by atoms with Gasteiger partial charge in [-0.25, -0.2) is 0 Å². The molecule has 0 N–H and O–H groups in total. The van der Waals surface area contributed by atoms with E-state index >= 15 is 0 Å². The van der Waals surface area contributed by atoms with Gasteiger partial charge in [0.15, 0.2) is 0 Å². The molecular weight excluding hydrogens is 496 g/mol. The van der Waals surface area contributed by atoms with Crippen molar-refractivity contribution < 1.29 is 4.74 Å². The quantitative estimate of drug-likeness (QED) is 0.166. The molecule has 7 aromatic carbocycles. The highest BCUT2D eigenvalue weighted by Crippen LogP contribution is 2.48. The van der Waals surface area contributed by atoms with Gasteiger partial charge in [-0.1, -0.05) is 116 Å². The minimum absolute atomic E-state index is 0.823. The zero-order valence-corrected chi connectivity index (χ0v) is 22.5. The standard InChI is InChI=1S/C40H26O/c1-3-26-15-11-19-37-38(26)25(2)34-23-29(20-21-36(34)41-37)35-24-30-22-28-14-7-8-16-31(28)39(27-12-5-4-6-13-27)40(30)33-18-10-9-17-32(33)35/h3-24H,1-2H2. The average molecular weight is 523 g/mol. The van der Waals surface area contributed by atoms with Crippen molar-refractivity contribution in [1.29, 1.82) is 0 Å². The summed E-state index contributed by atoms with van der Waals surface area (Å²) in [4.78, 5) is 0. The fourth-order valence-corrected chi connectivity index (χ4v) is 6.49. The summed E-state index contributed by atoms with van der Waals surface area (Å²) in [6.45, 7) is 8.52. The monoisotopic (exact) mass is 522 g/mol. The van der Waals surface area contributed by atoms with Crippen LogP contribution in [-0.4, -0.2) is 0 Å². The number of benzene rings is 7. The Bertz CT molecular complexity index is 2200. The van der Waals surface area contributed by atoms with Crippen molar-refractivity contribution >= 4 is 44.0 Å². The van der Waals surface area contributed by atoms with Crippen LogP contribution < -0.4 is 4.74 Å². The van der Waals surface area contributed by atoms with E-state index in [0.29, 0.717) is 0 Å². The molecule has 0 fully saturated rings. The molecule has 0 saturated carbocycles. The molecule has 0 amide bonds. The molecule has 0 aliphatic carbocycles. The number of ether oxygens (including phenoxy) is 1. The molecule has 1 heteroatoms. The van der Waals surface area contributed by atoms with E-state index in [1.807, 2.05) is 18.2 Å². The van der Waals surface area contributed by atoms with Crippen molar-refractivity contribution in [2.24, 2.45) is 0 Å². The highest BCUT2D eigenvalue weighted by Gasteiger charge is 2.24. The first-order valence-electron chi connectivity index (χ1n) is 13.9. The van der Waals surface area contributed by atoms with E-state index in [0.717, 1.165) is 39.3 Å². The lowest BCUT2D eigenvalue weighted by Crippen LogP contribution is -2.03. The van der Waals surface area contributed by atoms with E-state index in [1.165, 1.54) is 49.0 Å². The van der Waals surface area contributed by atoms with Gasteiger partial charge in [0.05, 0.1) is 0 Å². The Labute approximate surface area is 239 Å². The molecule has 1 aliphatic heterocycles. The molecule has 0 atom stereocenters. The van der Waals surface area contributed by atoms with Crippen LogP contribution in [0.1, 0.15) is 16.7 Å². The van der Waals surface area contributed by atoms with Crippen LogP contribution in [0.3, 0.4) is 0 Å². The predicted octanol–water partition coefficient (Wildman–Crippen LogP) is 11.3. The lowest BCUT2D eigenvalue weighted by molar-refractivity contribution is 0.474. The Hall–Kier alpha value is -5.40. The highest BCUT2D eigenvalue weighted by atomic mass is 16.5. The number of hydrogen-bond acceptors (Lipinski definition) is 1. The van der Waals surface area contributed by atoms with Gasteiger partial charge in [0.2, 0.25) is 0 Å². The second-order valence-electron chi connectivity index (χ2n) is 10.6. The summed E-state index contributed by atoms with van der Waals surface area (Å²) in [7, 11) is 0. The third kappa shape index (κ3) is 3.56. The Morgan fingerprint density at radius 2 is 1.27 bits per heavy atom. The largest absolute Gasteiger partial charge is 0.456 e. The van der Waals surface area contributed by atoms with Crippen molar-refractivity contribution in [1.82, 2.24) is 0 Å². The fourth-order valence-electron chi connectivity index (χ4n) is 6.49. The highest BCUT2D eigenvalue weighted by molar-refractivity contribution is 6.24. The molecule has 0 spiro atoms. The van der Waals surface area contributed by atoms with E-state index in [1.54, 1.807) is 0 Å². The summed E-state index contributed by atoms with van der Waals surface area (Å²) in [6.07, 6.45) is 1.87. The van der Waals surface area contributed by atoms with E-state index < -0.39 is 0 Å². The molecule has 41 heavy (non-hydrogen) atoms. The van der Waals surface area contributed by atoms with Gasteiger partial charge in [-0.2, -0.15) is 0 Å². The SMILES string of the molecule is C=Cc1cccc2c1C(=C)c1cc(-c3cc4cc5ccccc5c(-c5ccccc5)c4c4ccccc34)ccc1O2. The maximum Gasteiger partial charge on any atom is 0.135 e. The fraction of sp³-hybridized carbons (Fsp3) is 0. The Kier molecular flexibility index (Phi) is 5.20. The summed E-state index contributed by atoms with van der Waals surface area (Å²) in [5.74, 6) is 1.65. The predicted molar refractivity (Wildman–Crippen MR) is 175 cm³/mol. The molecule has 192 valence electrons. The van der Waals surface area contributed by atoms with Gasteiger partial charge in [0.25, 0.3) is 0 Å². The maximum atomic E-state index is 6.34. The van der Waals surface area contributed by atoms with Crippen LogP contribution in [0.2, 0.25) is 0 Å². The molecule has 0 radical (unpaired) electrons. The molecule has 7 aromatic rings. The summed E-state index contributed by atoms with van der Waals surface area (Å²) in [5.41, 5.74) is 8.85. The lowest BCUT2D eigenvalue weighted by Gasteiger charge is -2.25. The van der Waals surface area contributed by atoms with Crippen molar-refractivity contribution in [2.45, 2.75) is 0 Å². The molecule has 1 heterocycles. The summed E-state index contributed by atoms with van der Waals surface area (Å²) >= 11 is 0. The second kappa shape index (κ2) is 9.08. The molecule has 0 bridgehead atoms. The first kappa shape index (κ1) is 23.5. The van der Waals surface area contributed by atoms with Crippen LogP contribution in [-0.2, 0) is 0 Å². The van der Waals surface area contributed by atoms with Crippen molar-refractivity contribution in [3.63, 3.8) is 0 Å². The molecule has 1 aliphatic rings. The smallest absolute Gasteiger partial charge is 0.135 e. The maximum absolute atomic E-state index is 6.34. The van der Waals surface area contributed by atoms with Crippen molar-refractivity contribution in [3.05, 3.63) is 157 Å². The van der Waals surface area contributed by atoms with Gasteiger partial charge in [0, 0.05) is 11.1 Å². The average Bonchev–Trinajstić information content (AvgIpc) is 3.03. The molecule has 0 unspecified atom stereocenters. The summed E-state index contributed by atoms with van der Waals surface area (Å²) in [6, 6.07) is 45.5. The Balaban J connectivity index is 1.41. The molecule has 8 rings (SSSR count). The first-order chi connectivity index (χ1) is 20.2. The molecule has 1 nitrogen and oxygen atoms in total. The third-order valence-electron chi connectivity index (χ3n) is 8.34. The minimum atomic E-state index is 0.823. The molecule has 0 saturated heterocycles. The first-order valence-corrected chi connectivity index (χ1v) is 13.9. The van der Waals surface area contributed by atoms with Gasteiger partial charge in [-0.15, -0.1) is 0 Å². The zero-order chi connectivity index (χ0) is 27.5. The van der Waals surface area contributed by atoms with Gasteiger partial charge in [-0.05, 0) is 96.0 Å². The van der Waals surface area contributed by atoms with Crippen LogP contribution in [0.5, 0.6) is 11.5 Å². The third-order valence-corrected chi connectivity index (χ3v) is 8.34. The summed E-state index contributed by atoms with van der Waals surface area (Å²) in [5, 5.41) is 7.48. The van der Waals surface area contributed by atoms with Crippen LogP contribution in [0.25, 0.3) is 66.2 Å². The summed E-state index contributed by atoms with van der Waals surface area (Å²) < 4.78 is 6.34. The number of hydrogen-bond donors (Lipinski definition) is 0. The van der Waals surface area contributed by atoms with E-state index in [-0.39, 0.29) is 0 Å². The van der Waals surface area contributed by atoms with E-state index in [2.05, 4.69) is 128 Å². The lowest BCUT2D eigenvalue weighted by atomic mass is 9.85. The van der Waals surface area contributed by atoms with Crippen LogP contribution in [0.15, 0.2) is 141 Å². The van der Waals surface area contributed by atoms with E-state index in [4.69, 9.17) is 4.74 Å². The van der Waals surface area contributed by atoms with Crippen LogP contribution in [0, 0.1) is 0 Å². The second-order valence-corrected chi connectivity index (χ2v) is 10.6. The van der Waals surface area contributed by atoms with Crippen LogP contribution in [0.4, 0.5) is 0 Å². The molecular formula is C40H26O.